The van der Waals surface area contributed by atoms with Gasteiger partial charge in [-0.2, -0.15) is 0 Å². The van der Waals surface area contributed by atoms with Crippen LogP contribution in [0, 0.1) is 0 Å². The number of nitrogens with one attached hydrogen (secondary N) is 1. The van der Waals surface area contributed by atoms with Gasteiger partial charge in [0.1, 0.15) is 0 Å². The van der Waals surface area contributed by atoms with E-state index in [0.29, 0.717) is 0 Å². The average molecular weight is 239 g/mol. The molecule has 0 saturated carbocycles. The summed E-state index contributed by atoms with van der Waals surface area (Å²) >= 11 is 0. The quantitative estimate of drug-likeness (QED) is 0.512. The van der Waals surface area contributed by atoms with Crippen LogP contribution in [0.25, 0.3) is 0 Å². The van der Waals surface area contributed by atoms with Gasteiger partial charge in [-0.25, -0.2) is 0 Å². The molecule has 0 aromatic carbocycles. The lowest BCUT2D eigenvalue weighted by Gasteiger charge is -2.26. The summed E-state index contributed by atoms with van der Waals surface area (Å²) in [7, 11) is 4.44. The third-order valence-corrected chi connectivity index (χ3v) is 3.49. The number of hydrogen-bond acceptors (Lipinski definition) is 3. The third kappa shape index (κ3) is 5.66. The molecular formula is C14H29N3. The molecule has 1 atom stereocenters. The average Bonchev–Trinajstić information content (AvgIpc) is 2.64. The van der Waals surface area contributed by atoms with E-state index in [1.165, 1.54) is 37.9 Å². The molecule has 0 aromatic rings. The lowest BCUT2D eigenvalue weighted by Crippen LogP contribution is -2.38. The minimum Gasteiger partial charge on any atom is -0.313 e. The normalized spacial score (nSPS) is 21.3. The van der Waals surface area contributed by atoms with Gasteiger partial charge in [-0.15, -0.1) is 0 Å². The molecule has 0 aliphatic carbocycles. The molecule has 1 fully saturated rings. The van der Waals surface area contributed by atoms with Gasteiger partial charge in [0.2, 0.25) is 0 Å². The summed E-state index contributed by atoms with van der Waals surface area (Å²) in [4.78, 5) is 4.89. The van der Waals surface area contributed by atoms with E-state index in [1.54, 1.807) is 0 Å². The summed E-state index contributed by atoms with van der Waals surface area (Å²) in [6, 6.07) is 0.747. The molecule has 0 bridgehead atoms. The molecule has 3 nitrogen and oxygen atoms in total. The van der Waals surface area contributed by atoms with Gasteiger partial charge in [-0.1, -0.05) is 13.5 Å². The Morgan fingerprint density at radius 2 is 2.29 bits per heavy atom. The maximum atomic E-state index is 4.14. The highest BCUT2D eigenvalue weighted by molar-refractivity contribution is 4.99. The molecule has 3 heteroatoms. The Bertz CT molecular complexity index is 228. The molecule has 1 saturated heterocycles. The van der Waals surface area contributed by atoms with Crippen molar-refractivity contribution in [1.82, 2.24) is 15.1 Å². The van der Waals surface area contributed by atoms with Crippen molar-refractivity contribution in [3.05, 3.63) is 12.2 Å². The Morgan fingerprint density at radius 1 is 1.53 bits per heavy atom. The summed E-state index contributed by atoms with van der Waals surface area (Å²) in [5.41, 5.74) is 1.29. The molecule has 100 valence electrons. The summed E-state index contributed by atoms with van der Waals surface area (Å²) in [6.07, 6.45) is 3.89. The lowest BCUT2D eigenvalue weighted by molar-refractivity contribution is 0.229. The number of hydrogen-bond donors (Lipinski definition) is 1. The molecule has 1 rings (SSSR count). The van der Waals surface area contributed by atoms with Crippen molar-refractivity contribution in [2.75, 3.05) is 46.8 Å². The van der Waals surface area contributed by atoms with Crippen molar-refractivity contribution in [3.8, 4) is 0 Å². The van der Waals surface area contributed by atoms with Crippen molar-refractivity contribution in [2.24, 2.45) is 0 Å². The van der Waals surface area contributed by atoms with Crippen molar-refractivity contribution in [2.45, 2.75) is 32.2 Å². The largest absolute Gasteiger partial charge is 0.313 e. The second kappa shape index (κ2) is 7.85. The van der Waals surface area contributed by atoms with E-state index >= 15 is 0 Å². The molecule has 0 aromatic heterocycles. The van der Waals surface area contributed by atoms with Crippen molar-refractivity contribution >= 4 is 0 Å². The van der Waals surface area contributed by atoms with Crippen LogP contribution in [0.15, 0.2) is 12.2 Å². The van der Waals surface area contributed by atoms with Crippen LogP contribution in [0.2, 0.25) is 0 Å². The van der Waals surface area contributed by atoms with Gasteiger partial charge in [0.15, 0.2) is 0 Å². The van der Waals surface area contributed by atoms with Crippen LogP contribution in [0.3, 0.4) is 0 Å². The van der Waals surface area contributed by atoms with Gasteiger partial charge in [-0.3, -0.25) is 0 Å². The molecule has 0 radical (unpaired) electrons. The molecule has 1 aliphatic heterocycles. The van der Waals surface area contributed by atoms with E-state index < -0.39 is 0 Å². The topological polar surface area (TPSA) is 18.5 Å². The van der Waals surface area contributed by atoms with E-state index in [2.05, 4.69) is 42.7 Å². The van der Waals surface area contributed by atoms with Crippen molar-refractivity contribution < 1.29 is 0 Å². The van der Waals surface area contributed by atoms with Crippen LogP contribution in [0.4, 0.5) is 0 Å². The lowest BCUT2D eigenvalue weighted by atomic mass is 10.2. The Morgan fingerprint density at radius 3 is 2.88 bits per heavy atom. The van der Waals surface area contributed by atoms with Crippen LogP contribution in [-0.2, 0) is 0 Å². The highest BCUT2D eigenvalue weighted by atomic mass is 15.2. The van der Waals surface area contributed by atoms with Crippen LogP contribution >= 0.6 is 0 Å². The standard InChI is InChI=1S/C14H29N3/c1-5-8-15-10-13(2)11-16(3)12-14-7-6-9-17(14)4/h14-15H,2,5-12H2,1,3-4H3. The molecule has 1 heterocycles. The zero-order valence-corrected chi connectivity index (χ0v) is 11.8. The summed E-state index contributed by atoms with van der Waals surface area (Å²) in [5.74, 6) is 0. The number of nitrogens with zero attached hydrogens (tertiary/aromatic N) is 2. The Kier molecular flexibility index (Phi) is 6.78. The van der Waals surface area contributed by atoms with Crippen LogP contribution in [-0.4, -0.2) is 62.7 Å². The molecule has 1 N–H and O–H groups in total. The number of likely N-dealkylation sites (N-methyl/N-ethyl adjacent to an activating group) is 2. The third-order valence-electron chi connectivity index (χ3n) is 3.49. The van der Waals surface area contributed by atoms with E-state index in [0.717, 1.165) is 25.7 Å². The Balaban J connectivity index is 2.15. The molecule has 0 amide bonds. The van der Waals surface area contributed by atoms with E-state index in [-0.39, 0.29) is 0 Å². The fourth-order valence-corrected chi connectivity index (χ4v) is 2.51. The Labute approximate surface area is 107 Å². The fraction of sp³-hybridized carbons (Fsp3) is 0.857. The van der Waals surface area contributed by atoms with E-state index in [9.17, 15) is 0 Å². The van der Waals surface area contributed by atoms with Gasteiger partial charge in [0, 0.05) is 25.7 Å². The van der Waals surface area contributed by atoms with E-state index in [1.807, 2.05) is 0 Å². The first-order valence-corrected chi connectivity index (χ1v) is 6.89. The minimum atomic E-state index is 0.747. The first-order valence-electron chi connectivity index (χ1n) is 6.89. The van der Waals surface area contributed by atoms with Gasteiger partial charge < -0.3 is 15.1 Å². The summed E-state index contributed by atoms with van der Waals surface area (Å²) < 4.78 is 0. The van der Waals surface area contributed by atoms with Gasteiger partial charge in [0.05, 0.1) is 0 Å². The molecular weight excluding hydrogens is 210 g/mol. The van der Waals surface area contributed by atoms with Crippen molar-refractivity contribution in [1.29, 1.82) is 0 Å². The highest BCUT2D eigenvalue weighted by Gasteiger charge is 2.21. The van der Waals surface area contributed by atoms with Crippen molar-refractivity contribution in [3.63, 3.8) is 0 Å². The fourth-order valence-electron chi connectivity index (χ4n) is 2.51. The summed E-state index contributed by atoms with van der Waals surface area (Å²) in [6.45, 7) is 11.8. The predicted molar refractivity (Wildman–Crippen MR) is 75.4 cm³/mol. The molecule has 0 spiro atoms. The monoisotopic (exact) mass is 239 g/mol. The maximum Gasteiger partial charge on any atom is 0.0220 e. The predicted octanol–water partition coefficient (Wildman–Crippen LogP) is 1.57. The second-order valence-corrected chi connectivity index (χ2v) is 5.40. The summed E-state index contributed by atoms with van der Waals surface area (Å²) in [5, 5.41) is 3.41. The number of likely N-dealkylation sites (tertiary alicyclic amines) is 1. The number of rotatable bonds is 8. The van der Waals surface area contributed by atoms with Gasteiger partial charge in [-0.05, 0) is 52.0 Å². The Hall–Kier alpha value is -0.380. The second-order valence-electron chi connectivity index (χ2n) is 5.40. The zero-order valence-electron chi connectivity index (χ0n) is 11.8. The SMILES string of the molecule is C=C(CNCCC)CN(C)CC1CCCN1C. The van der Waals surface area contributed by atoms with Crippen LogP contribution in [0.1, 0.15) is 26.2 Å². The first kappa shape index (κ1) is 14.7. The first-order chi connectivity index (χ1) is 8.13. The highest BCUT2D eigenvalue weighted by Crippen LogP contribution is 2.15. The van der Waals surface area contributed by atoms with Gasteiger partial charge in [0.25, 0.3) is 0 Å². The van der Waals surface area contributed by atoms with Crippen LogP contribution in [0.5, 0.6) is 0 Å². The van der Waals surface area contributed by atoms with Crippen LogP contribution < -0.4 is 5.32 Å². The minimum absolute atomic E-state index is 0.747. The molecule has 17 heavy (non-hydrogen) atoms. The molecule has 1 aliphatic rings. The van der Waals surface area contributed by atoms with E-state index in [4.69, 9.17) is 0 Å². The maximum absolute atomic E-state index is 4.14. The molecule has 1 unspecified atom stereocenters. The smallest absolute Gasteiger partial charge is 0.0220 e. The zero-order chi connectivity index (χ0) is 12.7. The van der Waals surface area contributed by atoms with Gasteiger partial charge >= 0.3 is 0 Å².